The van der Waals surface area contributed by atoms with Crippen LogP contribution >= 0.6 is 34.8 Å². The fraction of sp³-hybridized carbons (Fsp3) is 0.364. The highest BCUT2D eigenvalue weighted by Crippen LogP contribution is 2.27. The molecule has 1 unspecified atom stereocenters. The van der Waals surface area contributed by atoms with Gasteiger partial charge in [-0.05, 0) is 47.3 Å². The molecule has 3 nitrogen and oxygen atoms in total. The van der Waals surface area contributed by atoms with Crippen LogP contribution in [-0.4, -0.2) is 22.8 Å². The Bertz CT molecular complexity index is 630. The number of rotatable bonds is 1. The van der Waals surface area contributed by atoms with Crippen molar-refractivity contribution in [2.75, 3.05) is 13.2 Å². The summed E-state index contributed by atoms with van der Waals surface area (Å²) in [6, 6.07) is 3.55. The van der Waals surface area contributed by atoms with Crippen molar-refractivity contribution in [3.05, 3.63) is 26.3 Å². The Morgan fingerprint density at radius 1 is 1.53 bits per heavy atom. The molecule has 1 saturated heterocycles. The van der Waals surface area contributed by atoms with Gasteiger partial charge in [0.1, 0.15) is 5.82 Å². The fourth-order valence-electron chi connectivity index (χ4n) is 2.21. The molecule has 1 aliphatic rings. The van der Waals surface area contributed by atoms with Gasteiger partial charge in [-0.3, -0.25) is 0 Å². The lowest BCUT2D eigenvalue weighted by Crippen LogP contribution is -2.08. The summed E-state index contributed by atoms with van der Waals surface area (Å²) in [5.41, 5.74) is 1.70. The minimum Gasteiger partial charge on any atom is -0.379 e. The summed E-state index contributed by atoms with van der Waals surface area (Å²) in [6.07, 6.45) is 0.925. The first-order valence-corrected chi connectivity index (χ1v) is 6.82. The largest absolute Gasteiger partial charge is 0.379 e. The van der Waals surface area contributed by atoms with Gasteiger partial charge in [0.25, 0.3) is 0 Å². The topological polar surface area (TPSA) is 29.9 Å². The Kier molecular flexibility index (Phi) is 2.95. The number of aromatic amines is 1. The van der Waals surface area contributed by atoms with Gasteiger partial charge in [0.15, 0.2) is 4.77 Å². The number of hydrogen-bond donors (Lipinski definition) is 1. The molecule has 1 aromatic heterocycles. The second-order valence-electron chi connectivity index (χ2n) is 4.10. The van der Waals surface area contributed by atoms with Gasteiger partial charge in [-0.1, -0.05) is 0 Å². The van der Waals surface area contributed by atoms with Crippen LogP contribution in [0.3, 0.4) is 0 Å². The smallest absolute Gasteiger partial charge is 0.178 e. The average molecular weight is 364 g/mol. The van der Waals surface area contributed by atoms with E-state index in [4.69, 9.17) is 17.0 Å². The zero-order valence-corrected chi connectivity index (χ0v) is 11.8. The summed E-state index contributed by atoms with van der Waals surface area (Å²) in [4.78, 5) is 3.12. The van der Waals surface area contributed by atoms with Crippen molar-refractivity contribution in [3.63, 3.8) is 0 Å². The first kappa shape index (κ1) is 11.6. The molecule has 3 rings (SSSR count). The van der Waals surface area contributed by atoms with Gasteiger partial charge in [0.2, 0.25) is 0 Å². The van der Waals surface area contributed by atoms with Crippen LogP contribution in [0.1, 0.15) is 12.5 Å². The van der Waals surface area contributed by atoms with Crippen molar-refractivity contribution in [2.24, 2.45) is 0 Å². The zero-order chi connectivity index (χ0) is 12.0. The van der Waals surface area contributed by atoms with E-state index in [0.717, 1.165) is 24.1 Å². The maximum absolute atomic E-state index is 13.6. The van der Waals surface area contributed by atoms with Gasteiger partial charge in [0, 0.05) is 12.7 Å². The van der Waals surface area contributed by atoms with Crippen LogP contribution in [0.15, 0.2) is 12.1 Å². The lowest BCUT2D eigenvalue weighted by atomic mass is 10.2. The molecule has 6 heteroatoms. The Morgan fingerprint density at radius 2 is 2.35 bits per heavy atom. The van der Waals surface area contributed by atoms with Crippen LogP contribution in [0.2, 0.25) is 0 Å². The Morgan fingerprint density at radius 3 is 3.06 bits per heavy atom. The molecular weight excluding hydrogens is 354 g/mol. The molecular formula is C11H10FIN2OS. The SMILES string of the molecule is Fc1cc2c(cc1I)[nH]c(=S)n2C1CCOC1. The third kappa shape index (κ3) is 1.92. The Balaban J connectivity index is 2.26. The number of nitrogens with zero attached hydrogens (tertiary/aromatic N) is 1. The molecule has 1 atom stereocenters. The molecule has 2 heterocycles. The number of aromatic nitrogens is 2. The lowest BCUT2D eigenvalue weighted by molar-refractivity contribution is 0.187. The van der Waals surface area contributed by atoms with Crippen molar-refractivity contribution in [2.45, 2.75) is 12.5 Å². The van der Waals surface area contributed by atoms with Gasteiger partial charge in [-0.2, -0.15) is 0 Å². The molecule has 0 radical (unpaired) electrons. The number of imidazole rings is 1. The number of benzene rings is 1. The van der Waals surface area contributed by atoms with E-state index in [1.165, 1.54) is 0 Å². The van der Waals surface area contributed by atoms with Gasteiger partial charge in [-0.25, -0.2) is 4.39 Å². The monoisotopic (exact) mass is 364 g/mol. The number of hydrogen-bond acceptors (Lipinski definition) is 2. The molecule has 0 bridgehead atoms. The fourth-order valence-corrected chi connectivity index (χ4v) is 3.03. The van der Waals surface area contributed by atoms with Crippen molar-refractivity contribution >= 4 is 45.8 Å². The van der Waals surface area contributed by atoms with Crippen LogP contribution in [0.4, 0.5) is 4.39 Å². The third-order valence-electron chi connectivity index (χ3n) is 3.03. The molecule has 1 aliphatic heterocycles. The number of H-pyrrole nitrogens is 1. The Labute approximate surface area is 116 Å². The highest BCUT2D eigenvalue weighted by Gasteiger charge is 2.21. The lowest BCUT2D eigenvalue weighted by Gasteiger charge is -2.11. The van der Waals surface area contributed by atoms with Crippen LogP contribution in [0, 0.1) is 14.2 Å². The van der Waals surface area contributed by atoms with Crippen molar-refractivity contribution in [1.82, 2.24) is 9.55 Å². The van der Waals surface area contributed by atoms with E-state index in [-0.39, 0.29) is 11.9 Å². The van der Waals surface area contributed by atoms with Gasteiger partial charge < -0.3 is 14.3 Å². The molecule has 1 fully saturated rings. The second kappa shape index (κ2) is 4.33. The van der Waals surface area contributed by atoms with Crippen LogP contribution < -0.4 is 0 Å². The van der Waals surface area contributed by atoms with E-state index in [1.807, 2.05) is 27.2 Å². The maximum Gasteiger partial charge on any atom is 0.178 e. The van der Waals surface area contributed by atoms with E-state index in [1.54, 1.807) is 12.1 Å². The highest BCUT2D eigenvalue weighted by molar-refractivity contribution is 14.1. The van der Waals surface area contributed by atoms with Crippen LogP contribution in [0.25, 0.3) is 11.0 Å². The third-order valence-corrected chi connectivity index (χ3v) is 4.15. The van der Waals surface area contributed by atoms with E-state index < -0.39 is 0 Å². The van der Waals surface area contributed by atoms with Gasteiger partial charge >= 0.3 is 0 Å². The van der Waals surface area contributed by atoms with E-state index in [2.05, 4.69) is 4.98 Å². The molecule has 90 valence electrons. The highest BCUT2D eigenvalue weighted by atomic mass is 127. The molecule has 1 N–H and O–H groups in total. The number of fused-ring (bicyclic) bond motifs is 1. The molecule has 0 aliphatic carbocycles. The van der Waals surface area contributed by atoms with E-state index >= 15 is 0 Å². The Hall–Kier alpha value is -0.470. The number of ether oxygens (including phenoxy) is 1. The number of nitrogens with one attached hydrogen (secondary N) is 1. The predicted octanol–water partition coefficient (Wildman–Crippen LogP) is 3.40. The standard InChI is InChI=1S/C11H10FIN2OS/c12-7-3-10-9(4-8(7)13)14-11(17)15(10)6-1-2-16-5-6/h3-4,6H,1-2,5H2,(H,14,17). The van der Waals surface area contributed by atoms with Crippen LogP contribution in [0.5, 0.6) is 0 Å². The zero-order valence-electron chi connectivity index (χ0n) is 8.87. The average Bonchev–Trinajstić information content (AvgIpc) is 2.86. The normalized spacial score (nSPS) is 20.2. The molecule has 1 aromatic carbocycles. The molecule has 0 spiro atoms. The summed E-state index contributed by atoms with van der Waals surface area (Å²) in [5, 5.41) is 0. The van der Waals surface area contributed by atoms with Crippen molar-refractivity contribution < 1.29 is 9.13 Å². The quantitative estimate of drug-likeness (QED) is 0.621. The minimum absolute atomic E-state index is 0.209. The summed E-state index contributed by atoms with van der Waals surface area (Å²) >= 11 is 7.28. The first-order chi connectivity index (χ1) is 8.16. The van der Waals surface area contributed by atoms with E-state index in [9.17, 15) is 4.39 Å². The van der Waals surface area contributed by atoms with E-state index in [0.29, 0.717) is 14.9 Å². The number of halogens is 2. The molecule has 0 amide bonds. The molecule has 0 saturated carbocycles. The van der Waals surface area contributed by atoms with Crippen molar-refractivity contribution in [1.29, 1.82) is 0 Å². The summed E-state index contributed by atoms with van der Waals surface area (Å²) in [5.74, 6) is -0.209. The minimum atomic E-state index is -0.209. The molecule has 17 heavy (non-hydrogen) atoms. The summed E-state index contributed by atoms with van der Waals surface area (Å²) in [7, 11) is 0. The molecule has 2 aromatic rings. The van der Waals surface area contributed by atoms with Crippen molar-refractivity contribution in [3.8, 4) is 0 Å². The summed E-state index contributed by atoms with van der Waals surface area (Å²) in [6.45, 7) is 1.39. The maximum atomic E-state index is 13.6. The first-order valence-electron chi connectivity index (χ1n) is 5.34. The van der Waals surface area contributed by atoms with Gasteiger partial charge in [-0.15, -0.1) is 0 Å². The summed E-state index contributed by atoms with van der Waals surface area (Å²) < 4.78 is 22.2. The van der Waals surface area contributed by atoms with Gasteiger partial charge in [0.05, 0.1) is 27.3 Å². The second-order valence-corrected chi connectivity index (χ2v) is 5.65. The van der Waals surface area contributed by atoms with Crippen LogP contribution in [-0.2, 0) is 4.74 Å². The predicted molar refractivity (Wildman–Crippen MR) is 74.3 cm³/mol.